The first-order valence-corrected chi connectivity index (χ1v) is 6.84. The monoisotopic (exact) mass is 271 g/mol. The predicted molar refractivity (Wildman–Crippen MR) is 68.7 cm³/mol. The average molecular weight is 271 g/mol. The molecule has 1 rings (SSSR count). The Morgan fingerprint density at radius 2 is 1.83 bits per heavy atom. The lowest BCUT2D eigenvalue weighted by Gasteiger charge is -2.11. The molecule has 1 aromatic rings. The van der Waals surface area contributed by atoms with Crippen LogP contribution < -0.4 is 11.1 Å². The van der Waals surface area contributed by atoms with Crippen LogP contribution >= 0.6 is 0 Å². The molecule has 0 aromatic heterocycles. The highest BCUT2D eigenvalue weighted by Gasteiger charge is 2.17. The SMILES string of the molecule is CN(C)S(=O)(=O)c1ccc(C(=O)NCCN)cc1. The summed E-state index contributed by atoms with van der Waals surface area (Å²) in [5, 5.41) is 2.61. The quantitative estimate of drug-likeness (QED) is 0.764. The zero-order chi connectivity index (χ0) is 13.8. The van der Waals surface area contributed by atoms with Gasteiger partial charge in [0, 0.05) is 32.7 Å². The third kappa shape index (κ3) is 3.28. The van der Waals surface area contributed by atoms with Crippen molar-refractivity contribution in [1.82, 2.24) is 9.62 Å². The number of rotatable bonds is 5. The van der Waals surface area contributed by atoms with Gasteiger partial charge in [-0.2, -0.15) is 0 Å². The first-order valence-electron chi connectivity index (χ1n) is 5.40. The number of nitrogens with one attached hydrogen (secondary N) is 1. The van der Waals surface area contributed by atoms with Gasteiger partial charge in [0.1, 0.15) is 0 Å². The molecule has 0 saturated carbocycles. The molecule has 1 aromatic carbocycles. The van der Waals surface area contributed by atoms with Crippen molar-refractivity contribution in [3.63, 3.8) is 0 Å². The third-order valence-corrected chi connectivity index (χ3v) is 4.15. The minimum absolute atomic E-state index is 0.155. The van der Waals surface area contributed by atoms with Crippen LogP contribution in [0.3, 0.4) is 0 Å². The van der Waals surface area contributed by atoms with Gasteiger partial charge in [0.05, 0.1) is 4.90 Å². The van der Waals surface area contributed by atoms with Gasteiger partial charge in [-0.25, -0.2) is 12.7 Å². The molecule has 1 amide bonds. The Morgan fingerprint density at radius 3 is 2.28 bits per heavy atom. The number of sulfonamides is 1. The molecule has 0 bridgehead atoms. The molecule has 0 spiro atoms. The molecule has 0 fully saturated rings. The summed E-state index contributed by atoms with van der Waals surface area (Å²) in [6.07, 6.45) is 0. The van der Waals surface area contributed by atoms with E-state index in [1.165, 1.54) is 38.4 Å². The van der Waals surface area contributed by atoms with E-state index >= 15 is 0 Å². The Balaban J connectivity index is 2.90. The standard InChI is InChI=1S/C11H17N3O3S/c1-14(2)18(16,17)10-5-3-9(4-6-10)11(15)13-8-7-12/h3-6H,7-8,12H2,1-2H3,(H,13,15). The lowest BCUT2D eigenvalue weighted by atomic mass is 10.2. The van der Waals surface area contributed by atoms with E-state index in [0.29, 0.717) is 18.7 Å². The number of benzene rings is 1. The van der Waals surface area contributed by atoms with Gasteiger partial charge in [0.15, 0.2) is 0 Å². The van der Waals surface area contributed by atoms with E-state index in [9.17, 15) is 13.2 Å². The van der Waals surface area contributed by atoms with Crippen molar-refractivity contribution in [2.75, 3.05) is 27.2 Å². The van der Waals surface area contributed by atoms with Gasteiger partial charge in [0.2, 0.25) is 10.0 Å². The van der Waals surface area contributed by atoms with Crippen molar-refractivity contribution in [2.24, 2.45) is 5.73 Å². The fourth-order valence-electron chi connectivity index (χ4n) is 1.28. The van der Waals surface area contributed by atoms with E-state index < -0.39 is 10.0 Å². The lowest BCUT2D eigenvalue weighted by molar-refractivity contribution is 0.0954. The summed E-state index contributed by atoms with van der Waals surface area (Å²) in [6.45, 7) is 0.745. The van der Waals surface area contributed by atoms with E-state index in [1.54, 1.807) is 0 Å². The summed E-state index contributed by atoms with van der Waals surface area (Å²) in [4.78, 5) is 11.7. The van der Waals surface area contributed by atoms with Crippen molar-refractivity contribution in [2.45, 2.75) is 4.90 Å². The number of hydrogen-bond acceptors (Lipinski definition) is 4. The molecule has 0 unspecified atom stereocenters. The van der Waals surface area contributed by atoms with E-state index in [2.05, 4.69) is 5.32 Å². The average Bonchev–Trinajstić information content (AvgIpc) is 2.35. The summed E-state index contributed by atoms with van der Waals surface area (Å²) in [7, 11) is -0.544. The first-order chi connectivity index (χ1) is 8.39. The highest BCUT2D eigenvalue weighted by atomic mass is 32.2. The van der Waals surface area contributed by atoms with Crippen molar-refractivity contribution >= 4 is 15.9 Å². The minimum atomic E-state index is -3.45. The molecule has 6 nitrogen and oxygen atoms in total. The topological polar surface area (TPSA) is 92.5 Å². The Morgan fingerprint density at radius 1 is 1.28 bits per heavy atom. The van der Waals surface area contributed by atoms with Crippen LogP contribution in [0.15, 0.2) is 29.2 Å². The summed E-state index contributed by atoms with van der Waals surface area (Å²) < 4.78 is 24.7. The van der Waals surface area contributed by atoms with Gasteiger partial charge >= 0.3 is 0 Å². The molecule has 7 heteroatoms. The molecule has 0 atom stereocenters. The molecule has 0 saturated heterocycles. The van der Waals surface area contributed by atoms with E-state index in [-0.39, 0.29) is 10.8 Å². The lowest BCUT2D eigenvalue weighted by Crippen LogP contribution is -2.29. The van der Waals surface area contributed by atoms with Gasteiger partial charge in [-0.3, -0.25) is 4.79 Å². The van der Waals surface area contributed by atoms with Gasteiger partial charge in [-0.15, -0.1) is 0 Å². The van der Waals surface area contributed by atoms with Crippen LogP contribution in [0.1, 0.15) is 10.4 Å². The maximum absolute atomic E-state index is 11.8. The molecule has 0 aliphatic rings. The summed E-state index contributed by atoms with van der Waals surface area (Å²) >= 11 is 0. The maximum Gasteiger partial charge on any atom is 0.251 e. The molecule has 18 heavy (non-hydrogen) atoms. The highest BCUT2D eigenvalue weighted by molar-refractivity contribution is 7.89. The second kappa shape index (κ2) is 5.94. The highest BCUT2D eigenvalue weighted by Crippen LogP contribution is 2.13. The number of carbonyl (C=O) groups excluding carboxylic acids is 1. The number of nitrogens with two attached hydrogens (primary N) is 1. The minimum Gasteiger partial charge on any atom is -0.351 e. The number of amides is 1. The summed E-state index contributed by atoms with van der Waals surface area (Å²) in [5.41, 5.74) is 5.67. The first kappa shape index (κ1) is 14.6. The van der Waals surface area contributed by atoms with E-state index in [1.807, 2.05) is 0 Å². The van der Waals surface area contributed by atoms with Crippen LogP contribution in [0.5, 0.6) is 0 Å². The number of carbonyl (C=O) groups is 1. The van der Waals surface area contributed by atoms with E-state index in [0.717, 1.165) is 4.31 Å². The summed E-state index contributed by atoms with van der Waals surface area (Å²) in [6, 6.07) is 5.77. The fourth-order valence-corrected chi connectivity index (χ4v) is 2.18. The van der Waals surface area contributed by atoms with Crippen LogP contribution in [0.25, 0.3) is 0 Å². The molecular formula is C11H17N3O3S. The normalized spacial score (nSPS) is 11.6. The van der Waals surface area contributed by atoms with Crippen molar-refractivity contribution in [3.05, 3.63) is 29.8 Å². The number of hydrogen-bond donors (Lipinski definition) is 2. The van der Waals surface area contributed by atoms with Gasteiger partial charge in [-0.1, -0.05) is 0 Å². The van der Waals surface area contributed by atoms with Gasteiger partial charge in [-0.05, 0) is 24.3 Å². The summed E-state index contributed by atoms with van der Waals surface area (Å²) in [5.74, 6) is -0.269. The fraction of sp³-hybridized carbons (Fsp3) is 0.364. The van der Waals surface area contributed by atoms with Gasteiger partial charge < -0.3 is 11.1 Å². The van der Waals surface area contributed by atoms with Crippen molar-refractivity contribution in [1.29, 1.82) is 0 Å². The third-order valence-electron chi connectivity index (χ3n) is 2.32. The molecule has 0 aliphatic carbocycles. The van der Waals surface area contributed by atoms with Crippen LogP contribution in [0.4, 0.5) is 0 Å². The van der Waals surface area contributed by atoms with Crippen molar-refractivity contribution in [3.8, 4) is 0 Å². The molecule has 0 heterocycles. The van der Waals surface area contributed by atoms with Crippen LogP contribution in [0.2, 0.25) is 0 Å². The van der Waals surface area contributed by atoms with Crippen LogP contribution in [-0.4, -0.2) is 45.8 Å². The Kier molecular flexibility index (Phi) is 4.83. The Bertz CT molecular complexity index is 509. The molecule has 3 N–H and O–H groups in total. The van der Waals surface area contributed by atoms with Crippen LogP contribution in [-0.2, 0) is 10.0 Å². The molecule has 0 radical (unpaired) electrons. The van der Waals surface area contributed by atoms with E-state index in [4.69, 9.17) is 5.73 Å². The largest absolute Gasteiger partial charge is 0.351 e. The second-order valence-electron chi connectivity index (χ2n) is 3.86. The molecular weight excluding hydrogens is 254 g/mol. The molecule has 100 valence electrons. The van der Waals surface area contributed by atoms with Crippen molar-refractivity contribution < 1.29 is 13.2 Å². The zero-order valence-electron chi connectivity index (χ0n) is 10.4. The van der Waals surface area contributed by atoms with Gasteiger partial charge in [0.25, 0.3) is 5.91 Å². The smallest absolute Gasteiger partial charge is 0.251 e. The Hall–Kier alpha value is -1.44. The zero-order valence-corrected chi connectivity index (χ0v) is 11.2. The second-order valence-corrected chi connectivity index (χ2v) is 6.01. The predicted octanol–water partition coefficient (Wildman–Crippen LogP) is -0.375. The number of nitrogens with zero attached hydrogens (tertiary/aromatic N) is 1. The molecule has 0 aliphatic heterocycles. The van der Waals surface area contributed by atoms with Crippen LogP contribution in [0, 0.1) is 0 Å². The Labute approximate surface area is 107 Å². The maximum atomic E-state index is 11.8.